The number of anilines is 1. The normalized spacial score (nSPS) is 16.6. The Morgan fingerprint density at radius 1 is 1.04 bits per heavy atom. The van der Waals surface area contributed by atoms with Crippen LogP contribution in [0.15, 0.2) is 67.3 Å². The Bertz CT molecular complexity index is 939. The molecule has 1 aliphatic heterocycles. The number of rotatable bonds is 4. The van der Waals surface area contributed by atoms with Gasteiger partial charge in [0.1, 0.15) is 12.7 Å². The van der Waals surface area contributed by atoms with E-state index in [9.17, 15) is 9.59 Å². The lowest BCUT2D eigenvalue weighted by atomic mass is 9.96. The second-order valence-electron chi connectivity index (χ2n) is 6.83. The zero-order chi connectivity index (χ0) is 19.3. The Morgan fingerprint density at radius 2 is 1.82 bits per heavy atom. The summed E-state index contributed by atoms with van der Waals surface area (Å²) in [5.74, 6) is -0.292. The molecule has 3 aromatic rings. The highest BCUT2D eigenvalue weighted by Crippen LogP contribution is 2.21. The zero-order valence-electron chi connectivity index (χ0n) is 15.4. The predicted molar refractivity (Wildman–Crippen MR) is 105 cm³/mol. The van der Waals surface area contributed by atoms with Crippen molar-refractivity contribution in [2.24, 2.45) is 5.92 Å². The van der Waals surface area contributed by atoms with Crippen molar-refractivity contribution in [1.82, 2.24) is 19.7 Å². The third-order valence-corrected chi connectivity index (χ3v) is 4.92. The maximum atomic E-state index is 12.9. The van der Waals surface area contributed by atoms with Crippen molar-refractivity contribution in [3.8, 4) is 5.69 Å². The molecular weight excluding hydrogens is 354 g/mol. The minimum absolute atomic E-state index is 0.0368. The summed E-state index contributed by atoms with van der Waals surface area (Å²) in [5.41, 5.74) is 2.22. The van der Waals surface area contributed by atoms with E-state index >= 15 is 0 Å². The predicted octanol–water partition coefficient (Wildman–Crippen LogP) is 2.76. The van der Waals surface area contributed by atoms with Gasteiger partial charge in [-0.2, -0.15) is 5.10 Å². The number of piperidine rings is 1. The molecule has 0 saturated carbocycles. The smallest absolute Gasteiger partial charge is 0.253 e. The van der Waals surface area contributed by atoms with Gasteiger partial charge in [0.05, 0.1) is 11.6 Å². The summed E-state index contributed by atoms with van der Waals surface area (Å²) >= 11 is 0. The fourth-order valence-electron chi connectivity index (χ4n) is 3.42. The van der Waals surface area contributed by atoms with Gasteiger partial charge in [-0.1, -0.05) is 18.2 Å². The van der Waals surface area contributed by atoms with Gasteiger partial charge in [0, 0.05) is 24.3 Å². The number of likely N-dealkylation sites (tertiary alicyclic amines) is 1. The van der Waals surface area contributed by atoms with Gasteiger partial charge in [0.25, 0.3) is 5.91 Å². The first-order chi connectivity index (χ1) is 13.7. The largest absolute Gasteiger partial charge is 0.338 e. The average molecular weight is 375 g/mol. The van der Waals surface area contributed by atoms with E-state index in [0.717, 1.165) is 24.2 Å². The molecule has 1 aromatic heterocycles. The summed E-state index contributed by atoms with van der Waals surface area (Å²) in [6.45, 7) is 1.10. The van der Waals surface area contributed by atoms with Gasteiger partial charge >= 0.3 is 0 Å². The van der Waals surface area contributed by atoms with Crippen LogP contribution in [0.3, 0.4) is 0 Å². The summed E-state index contributed by atoms with van der Waals surface area (Å²) in [5, 5.41) is 7.02. The van der Waals surface area contributed by atoms with Crippen LogP contribution >= 0.6 is 0 Å². The van der Waals surface area contributed by atoms with Crippen LogP contribution in [-0.4, -0.2) is 44.6 Å². The van der Waals surface area contributed by atoms with Crippen molar-refractivity contribution < 1.29 is 9.59 Å². The van der Waals surface area contributed by atoms with Gasteiger partial charge in [0.15, 0.2) is 0 Å². The van der Waals surface area contributed by atoms with Crippen LogP contribution < -0.4 is 5.32 Å². The molecule has 142 valence electrons. The Kier molecular flexibility index (Phi) is 5.14. The molecule has 1 saturated heterocycles. The minimum atomic E-state index is -0.202. The molecule has 7 heteroatoms. The second-order valence-corrected chi connectivity index (χ2v) is 6.83. The van der Waals surface area contributed by atoms with Crippen LogP contribution in [0, 0.1) is 5.92 Å². The Balaban J connectivity index is 1.41. The van der Waals surface area contributed by atoms with E-state index < -0.39 is 0 Å². The Morgan fingerprint density at radius 3 is 2.54 bits per heavy atom. The lowest BCUT2D eigenvalue weighted by molar-refractivity contribution is -0.121. The van der Waals surface area contributed by atoms with E-state index in [2.05, 4.69) is 15.4 Å². The van der Waals surface area contributed by atoms with Gasteiger partial charge in [-0.25, -0.2) is 9.67 Å². The first-order valence-electron chi connectivity index (χ1n) is 9.31. The minimum Gasteiger partial charge on any atom is -0.338 e. The number of aromatic nitrogens is 3. The molecule has 1 atom stereocenters. The fourth-order valence-corrected chi connectivity index (χ4v) is 3.42. The van der Waals surface area contributed by atoms with Crippen molar-refractivity contribution in [2.75, 3.05) is 18.4 Å². The highest BCUT2D eigenvalue weighted by atomic mass is 16.2. The average Bonchev–Trinajstić information content (AvgIpc) is 3.29. The molecule has 0 bridgehead atoms. The number of benzene rings is 2. The number of carbonyl (C=O) groups is 2. The van der Waals surface area contributed by atoms with Crippen LogP contribution in [0.25, 0.3) is 5.69 Å². The summed E-state index contributed by atoms with van der Waals surface area (Å²) in [6, 6.07) is 16.6. The maximum Gasteiger partial charge on any atom is 0.253 e. The lowest BCUT2D eigenvalue weighted by Crippen LogP contribution is -2.43. The quantitative estimate of drug-likeness (QED) is 0.760. The molecule has 1 aliphatic rings. The van der Waals surface area contributed by atoms with Gasteiger partial charge in [-0.05, 0) is 49.2 Å². The van der Waals surface area contributed by atoms with Gasteiger partial charge in [0.2, 0.25) is 5.91 Å². The van der Waals surface area contributed by atoms with E-state index in [1.165, 1.54) is 6.33 Å². The van der Waals surface area contributed by atoms with Gasteiger partial charge in [-0.3, -0.25) is 9.59 Å². The summed E-state index contributed by atoms with van der Waals surface area (Å²) in [7, 11) is 0. The van der Waals surface area contributed by atoms with Crippen molar-refractivity contribution in [2.45, 2.75) is 12.8 Å². The second kappa shape index (κ2) is 8.04. The molecule has 2 heterocycles. The van der Waals surface area contributed by atoms with Crippen LogP contribution in [0.1, 0.15) is 23.2 Å². The number of nitrogens with zero attached hydrogens (tertiary/aromatic N) is 4. The van der Waals surface area contributed by atoms with E-state index in [-0.39, 0.29) is 17.7 Å². The third kappa shape index (κ3) is 3.93. The van der Waals surface area contributed by atoms with Gasteiger partial charge in [-0.15, -0.1) is 0 Å². The lowest BCUT2D eigenvalue weighted by Gasteiger charge is -2.32. The van der Waals surface area contributed by atoms with Crippen molar-refractivity contribution in [1.29, 1.82) is 0 Å². The van der Waals surface area contributed by atoms with E-state index in [0.29, 0.717) is 18.7 Å². The number of nitrogens with one attached hydrogen (secondary N) is 1. The number of amides is 2. The van der Waals surface area contributed by atoms with Crippen molar-refractivity contribution in [3.05, 3.63) is 72.8 Å². The number of para-hydroxylation sites is 1. The van der Waals surface area contributed by atoms with E-state index in [4.69, 9.17) is 0 Å². The Hall–Kier alpha value is -3.48. The highest BCUT2D eigenvalue weighted by molar-refractivity contribution is 5.96. The molecule has 2 amide bonds. The molecule has 1 fully saturated rings. The first kappa shape index (κ1) is 17.9. The number of carbonyl (C=O) groups excluding carboxylic acids is 2. The van der Waals surface area contributed by atoms with Crippen LogP contribution in [-0.2, 0) is 4.79 Å². The number of hydrogen-bond acceptors (Lipinski definition) is 4. The van der Waals surface area contributed by atoms with Crippen LogP contribution in [0.4, 0.5) is 5.69 Å². The molecule has 28 heavy (non-hydrogen) atoms. The molecular formula is C21H21N5O2. The first-order valence-corrected chi connectivity index (χ1v) is 9.31. The summed E-state index contributed by atoms with van der Waals surface area (Å²) < 4.78 is 1.64. The standard InChI is InChI=1S/C21H21N5O2/c27-20(24-18-6-2-1-3-7-18)17-5-4-12-25(13-17)21(28)16-8-10-19(11-9-16)26-15-22-14-23-26/h1-3,6-11,14-15,17H,4-5,12-13H2,(H,24,27)/t17-/m0/s1. The maximum absolute atomic E-state index is 12.9. The molecule has 1 N–H and O–H groups in total. The van der Waals surface area contributed by atoms with Gasteiger partial charge < -0.3 is 10.2 Å². The van der Waals surface area contributed by atoms with E-state index in [1.54, 1.807) is 28.0 Å². The summed E-state index contributed by atoms with van der Waals surface area (Å²) in [4.78, 5) is 31.2. The van der Waals surface area contributed by atoms with Crippen LogP contribution in [0.5, 0.6) is 0 Å². The third-order valence-electron chi connectivity index (χ3n) is 4.92. The monoisotopic (exact) mass is 375 g/mol. The molecule has 0 spiro atoms. The zero-order valence-corrected chi connectivity index (χ0v) is 15.4. The summed E-state index contributed by atoms with van der Waals surface area (Å²) in [6.07, 6.45) is 4.67. The topological polar surface area (TPSA) is 80.1 Å². The fraction of sp³-hybridized carbons (Fsp3) is 0.238. The molecule has 2 aromatic carbocycles. The number of hydrogen-bond donors (Lipinski definition) is 1. The van der Waals surface area contributed by atoms with Crippen LogP contribution in [0.2, 0.25) is 0 Å². The van der Waals surface area contributed by atoms with E-state index in [1.807, 2.05) is 42.5 Å². The Labute approximate surface area is 163 Å². The SMILES string of the molecule is O=C(Nc1ccccc1)[C@H]1CCCN(C(=O)c2ccc(-n3cncn3)cc2)C1. The van der Waals surface area contributed by atoms with Crippen molar-refractivity contribution >= 4 is 17.5 Å². The molecule has 0 radical (unpaired) electrons. The molecule has 0 aliphatic carbocycles. The van der Waals surface area contributed by atoms with Crippen molar-refractivity contribution in [3.63, 3.8) is 0 Å². The molecule has 4 rings (SSSR count). The molecule has 0 unspecified atom stereocenters. The highest BCUT2D eigenvalue weighted by Gasteiger charge is 2.29. The molecule has 7 nitrogen and oxygen atoms in total.